The van der Waals surface area contributed by atoms with E-state index in [1.165, 1.54) is 6.07 Å². The van der Waals surface area contributed by atoms with E-state index in [-0.39, 0.29) is 18.0 Å². The fourth-order valence-electron chi connectivity index (χ4n) is 1.43. The lowest BCUT2D eigenvalue weighted by molar-refractivity contribution is -0.383. The van der Waals surface area contributed by atoms with E-state index in [0.29, 0.717) is 13.1 Å². The van der Waals surface area contributed by atoms with Crippen LogP contribution in [0.4, 0.5) is 11.4 Å². The van der Waals surface area contributed by atoms with E-state index in [2.05, 4.69) is 0 Å². The minimum atomic E-state index is -0.503. The van der Waals surface area contributed by atoms with Crippen LogP contribution in [-0.4, -0.2) is 35.1 Å². The smallest absolute Gasteiger partial charge is 0.292 e. The van der Waals surface area contributed by atoms with E-state index >= 15 is 0 Å². The number of anilines is 1. The maximum absolute atomic E-state index is 10.5. The molecule has 6 nitrogen and oxygen atoms in total. The molecule has 0 saturated heterocycles. The molecule has 1 rings (SSSR count). The molecule has 0 aliphatic heterocycles. The number of hydrogen-bond donors (Lipinski definition) is 2. The summed E-state index contributed by atoms with van der Waals surface area (Å²) in [7, 11) is 1.85. The van der Waals surface area contributed by atoms with E-state index < -0.39 is 4.92 Å². The first-order chi connectivity index (χ1) is 7.54. The SMILES string of the molecule is CN(CCO)Cc1ccc([N+](=O)[O-])c(N)c1. The first kappa shape index (κ1) is 12.4. The summed E-state index contributed by atoms with van der Waals surface area (Å²) >= 11 is 0. The van der Waals surface area contributed by atoms with Gasteiger partial charge in [-0.1, -0.05) is 6.07 Å². The molecule has 0 aromatic heterocycles. The van der Waals surface area contributed by atoms with E-state index in [0.717, 1.165) is 5.56 Å². The van der Waals surface area contributed by atoms with Gasteiger partial charge in [-0.25, -0.2) is 0 Å². The highest BCUT2D eigenvalue weighted by Gasteiger charge is 2.11. The maximum Gasteiger partial charge on any atom is 0.292 e. The lowest BCUT2D eigenvalue weighted by Gasteiger charge is -2.15. The third-order valence-electron chi connectivity index (χ3n) is 2.22. The number of nitrogens with zero attached hydrogens (tertiary/aromatic N) is 2. The number of rotatable bonds is 5. The Kier molecular flexibility index (Phi) is 4.21. The van der Waals surface area contributed by atoms with Gasteiger partial charge in [-0.05, 0) is 18.7 Å². The lowest BCUT2D eigenvalue weighted by atomic mass is 10.1. The molecule has 0 bridgehead atoms. The zero-order chi connectivity index (χ0) is 12.1. The Labute approximate surface area is 93.4 Å². The monoisotopic (exact) mass is 225 g/mol. The number of benzene rings is 1. The van der Waals surface area contributed by atoms with Gasteiger partial charge in [0.15, 0.2) is 0 Å². The molecule has 0 atom stereocenters. The van der Waals surface area contributed by atoms with Gasteiger partial charge in [0.25, 0.3) is 5.69 Å². The molecule has 0 amide bonds. The van der Waals surface area contributed by atoms with Crippen molar-refractivity contribution in [1.29, 1.82) is 0 Å². The Morgan fingerprint density at radius 3 is 2.75 bits per heavy atom. The molecule has 1 aromatic carbocycles. The van der Waals surface area contributed by atoms with Crippen LogP contribution in [-0.2, 0) is 6.54 Å². The standard InChI is InChI=1S/C10H15N3O3/c1-12(4-5-14)7-8-2-3-10(13(15)16)9(11)6-8/h2-3,6,14H,4-5,7,11H2,1H3. The van der Waals surface area contributed by atoms with Crippen LogP contribution in [0.1, 0.15) is 5.56 Å². The van der Waals surface area contributed by atoms with Gasteiger partial charge >= 0.3 is 0 Å². The summed E-state index contributed by atoms with van der Waals surface area (Å²) in [5, 5.41) is 19.3. The maximum atomic E-state index is 10.5. The van der Waals surface area contributed by atoms with E-state index in [1.807, 2.05) is 11.9 Å². The Balaban J connectivity index is 2.77. The summed E-state index contributed by atoms with van der Waals surface area (Å²) in [5.41, 5.74) is 6.54. The minimum Gasteiger partial charge on any atom is -0.395 e. The van der Waals surface area contributed by atoms with E-state index in [9.17, 15) is 10.1 Å². The molecular formula is C10H15N3O3. The average Bonchev–Trinajstić information content (AvgIpc) is 2.17. The number of aliphatic hydroxyl groups is 1. The van der Waals surface area contributed by atoms with Crippen molar-refractivity contribution in [2.45, 2.75) is 6.54 Å². The Morgan fingerprint density at radius 2 is 2.25 bits per heavy atom. The van der Waals surface area contributed by atoms with Crippen molar-refractivity contribution in [3.8, 4) is 0 Å². The number of hydrogen-bond acceptors (Lipinski definition) is 5. The topological polar surface area (TPSA) is 92.6 Å². The molecule has 16 heavy (non-hydrogen) atoms. The van der Waals surface area contributed by atoms with Crippen molar-refractivity contribution in [2.24, 2.45) is 0 Å². The Bertz CT molecular complexity index is 382. The molecule has 1 aromatic rings. The highest BCUT2D eigenvalue weighted by atomic mass is 16.6. The molecule has 0 aliphatic rings. The highest BCUT2D eigenvalue weighted by molar-refractivity contribution is 5.59. The quantitative estimate of drug-likeness (QED) is 0.435. The molecule has 0 spiro atoms. The normalized spacial score (nSPS) is 10.7. The van der Waals surface area contributed by atoms with Gasteiger partial charge in [0.05, 0.1) is 11.5 Å². The van der Waals surface area contributed by atoms with Crippen LogP contribution in [0.3, 0.4) is 0 Å². The molecule has 88 valence electrons. The van der Waals surface area contributed by atoms with Crippen LogP contribution in [0.5, 0.6) is 0 Å². The molecule has 0 unspecified atom stereocenters. The molecular weight excluding hydrogens is 210 g/mol. The zero-order valence-electron chi connectivity index (χ0n) is 9.09. The number of nitrogens with two attached hydrogens (primary N) is 1. The van der Waals surface area contributed by atoms with Gasteiger partial charge < -0.3 is 10.8 Å². The third-order valence-corrected chi connectivity index (χ3v) is 2.22. The first-order valence-corrected chi connectivity index (χ1v) is 4.86. The number of nitro groups is 1. The van der Waals surface area contributed by atoms with Gasteiger partial charge in [0.2, 0.25) is 0 Å². The van der Waals surface area contributed by atoms with Crippen molar-refractivity contribution in [1.82, 2.24) is 4.90 Å². The van der Waals surface area contributed by atoms with E-state index in [1.54, 1.807) is 12.1 Å². The van der Waals surface area contributed by atoms with Gasteiger partial charge in [-0.15, -0.1) is 0 Å². The summed E-state index contributed by atoms with van der Waals surface area (Å²) in [6, 6.07) is 4.66. The highest BCUT2D eigenvalue weighted by Crippen LogP contribution is 2.22. The van der Waals surface area contributed by atoms with Crippen LogP contribution in [0.25, 0.3) is 0 Å². The third kappa shape index (κ3) is 3.18. The zero-order valence-corrected chi connectivity index (χ0v) is 9.09. The molecule has 6 heteroatoms. The van der Waals surface area contributed by atoms with Crippen LogP contribution < -0.4 is 5.73 Å². The van der Waals surface area contributed by atoms with Crippen molar-refractivity contribution < 1.29 is 10.0 Å². The summed E-state index contributed by atoms with van der Waals surface area (Å²) in [6.07, 6.45) is 0. The van der Waals surface area contributed by atoms with Crippen LogP contribution in [0, 0.1) is 10.1 Å². The Morgan fingerprint density at radius 1 is 1.56 bits per heavy atom. The van der Waals surface area contributed by atoms with Gasteiger partial charge in [0.1, 0.15) is 5.69 Å². The second-order valence-electron chi connectivity index (χ2n) is 3.61. The van der Waals surface area contributed by atoms with Crippen molar-refractivity contribution >= 4 is 11.4 Å². The number of nitrogen functional groups attached to an aromatic ring is 1. The van der Waals surface area contributed by atoms with Crippen molar-refractivity contribution in [2.75, 3.05) is 25.9 Å². The van der Waals surface area contributed by atoms with E-state index in [4.69, 9.17) is 10.8 Å². The molecule has 0 fully saturated rings. The second kappa shape index (κ2) is 5.43. The number of aliphatic hydroxyl groups excluding tert-OH is 1. The molecule has 0 heterocycles. The molecule has 0 radical (unpaired) electrons. The summed E-state index contributed by atoms with van der Waals surface area (Å²) < 4.78 is 0. The fraction of sp³-hybridized carbons (Fsp3) is 0.400. The van der Waals surface area contributed by atoms with Crippen molar-refractivity contribution in [3.63, 3.8) is 0 Å². The summed E-state index contributed by atoms with van der Waals surface area (Å²) in [5.74, 6) is 0. The number of likely N-dealkylation sites (N-methyl/N-ethyl adjacent to an activating group) is 1. The first-order valence-electron chi connectivity index (χ1n) is 4.86. The second-order valence-corrected chi connectivity index (χ2v) is 3.61. The van der Waals surface area contributed by atoms with Gasteiger partial charge in [0, 0.05) is 19.2 Å². The largest absolute Gasteiger partial charge is 0.395 e. The number of nitro benzene ring substituents is 1. The summed E-state index contributed by atoms with van der Waals surface area (Å²) in [6.45, 7) is 1.23. The average molecular weight is 225 g/mol. The lowest BCUT2D eigenvalue weighted by Crippen LogP contribution is -2.21. The van der Waals surface area contributed by atoms with Crippen LogP contribution in [0.2, 0.25) is 0 Å². The minimum absolute atomic E-state index is 0.0754. The fourth-order valence-corrected chi connectivity index (χ4v) is 1.43. The van der Waals surface area contributed by atoms with Gasteiger partial charge in [-0.3, -0.25) is 15.0 Å². The van der Waals surface area contributed by atoms with Crippen LogP contribution >= 0.6 is 0 Å². The molecule has 3 N–H and O–H groups in total. The Hall–Kier alpha value is -1.66. The van der Waals surface area contributed by atoms with Gasteiger partial charge in [-0.2, -0.15) is 0 Å². The molecule has 0 saturated carbocycles. The summed E-state index contributed by atoms with van der Waals surface area (Å²) in [4.78, 5) is 11.9. The molecule has 0 aliphatic carbocycles. The van der Waals surface area contributed by atoms with Crippen LogP contribution in [0.15, 0.2) is 18.2 Å². The predicted molar refractivity (Wildman–Crippen MR) is 60.9 cm³/mol. The van der Waals surface area contributed by atoms with Crippen molar-refractivity contribution in [3.05, 3.63) is 33.9 Å². The predicted octanol–water partition coefficient (Wildman–Crippen LogP) is 0.601.